The lowest BCUT2D eigenvalue weighted by atomic mass is 10.1. The van der Waals surface area contributed by atoms with Crippen molar-refractivity contribution in [1.82, 2.24) is 0 Å². The van der Waals surface area contributed by atoms with Crippen molar-refractivity contribution in [2.75, 3.05) is 0 Å². The number of halogens is 2. The highest BCUT2D eigenvalue weighted by Crippen LogP contribution is 2.23. The third-order valence-electron chi connectivity index (χ3n) is 2.86. The molecule has 2 rings (SSSR count). The van der Waals surface area contributed by atoms with Gasteiger partial charge in [0, 0.05) is 15.6 Å². The maximum atomic E-state index is 13.8. The van der Waals surface area contributed by atoms with Gasteiger partial charge in [0.1, 0.15) is 18.2 Å². The van der Waals surface area contributed by atoms with Crippen LogP contribution in [0.1, 0.15) is 21.5 Å². The zero-order valence-electron chi connectivity index (χ0n) is 10.8. The van der Waals surface area contributed by atoms with Crippen LogP contribution in [0.4, 0.5) is 4.39 Å². The Kier molecular flexibility index (Phi) is 4.39. The molecule has 2 N–H and O–H groups in total. The normalized spacial score (nSPS) is 10.3. The number of aryl methyl sites for hydroxylation is 1. The topological polar surface area (TPSA) is 52.3 Å². The summed E-state index contributed by atoms with van der Waals surface area (Å²) in [6.07, 6.45) is 0. The molecule has 0 spiro atoms. The highest BCUT2D eigenvalue weighted by atomic mass is 79.9. The lowest BCUT2D eigenvalue weighted by molar-refractivity contribution is 0.0999. The van der Waals surface area contributed by atoms with Crippen LogP contribution in [0.15, 0.2) is 40.9 Å². The summed E-state index contributed by atoms with van der Waals surface area (Å²) in [6.45, 7) is 2.00. The molecule has 0 aromatic heterocycles. The Labute approximate surface area is 124 Å². The Morgan fingerprint density at radius 1 is 1.30 bits per heavy atom. The summed E-state index contributed by atoms with van der Waals surface area (Å²) in [5.74, 6) is -0.470. The number of hydrogen-bond donors (Lipinski definition) is 1. The lowest BCUT2D eigenvalue weighted by Gasteiger charge is -2.10. The quantitative estimate of drug-likeness (QED) is 0.927. The predicted molar refractivity (Wildman–Crippen MR) is 78.1 cm³/mol. The zero-order valence-corrected chi connectivity index (χ0v) is 12.4. The molecule has 0 aliphatic rings. The van der Waals surface area contributed by atoms with Crippen molar-refractivity contribution in [3.8, 4) is 5.75 Å². The Bertz CT molecular complexity index is 658. The van der Waals surface area contributed by atoms with Crippen molar-refractivity contribution in [2.24, 2.45) is 5.73 Å². The molecule has 0 unspecified atom stereocenters. The van der Waals surface area contributed by atoms with Gasteiger partial charge in [-0.15, -0.1) is 0 Å². The smallest absolute Gasteiger partial charge is 0.248 e. The first-order chi connectivity index (χ1) is 9.47. The Morgan fingerprint density at radius 2 is 2.05 bits per heavy atom. The first kappa shape index (κ1) is 14.5. The molecule has 0 bridgehead atoms. The van der Waals surface area contributed by atoms with Crippen LogP contribution in [0.2, 0.25) is 0 Å². The number of rotatable bonds is 4. The molecular weight excluding hydrogens is 325 g/mol. The van der Waals surface area contributed by atoms with Gasteiger partial charge >= 0.3 is 0 Å². The van der Waals surface area contributed by atoms with Crippen molar-refractivity contribution < 1.29 is 13.9 Å². The highest BCUT2D eigenvalue weighted by Gasteiger charge is 2.08. The van der Waals surface area contributed by atoms with Crippen LogP contribution >= 0.6 is 15.9 Å². The number of hydrogen-bond acceptors (Lipinski definition) is 2. The fourth-order valence-corrected chi connectivity index (χ4v) is 2.22. The molecule has 0 aliphatic heterocycles. The third kappa shape index (κ3) is 3.36. The second kappa shape index (κ2) is 6.05. The summed E-state index contributed by atoms with van der Waals surface area (Å²) in [7, 11) is 0. The van der Waals surface area contributed by atoms with Crippen LogP contribution < -0.4 is 10.5 Å². The fraction of sp³-hybridized carbons (Fsp3) is 0.133. The summed E-state index contributed by atoms with van der Waals surface area (Å²) >= 11 is 3.37. The maximum Gasteiger partial charge on any atom is 0.248 e. The molecule has 2 aromatic carbocycles. The number of ether oxygens (including phenoxy) is 1. The number of primary amides is 1. The summed E-state index contributed by atoms with van der Waals surface area (Å²) < 4.78 is 20.3. The third-order valence-corrected chi connectivity index (χ3v) is 3.35. The van der Waals surface area contributed by atoms with Crippen LogP contribution in [0, 0.1) is 12.7 Å². The van der Waals surface area contributed by atoms with Crippen molar-refractivity contribution >= 4 is 21.8 Å². The largest absolute Gasteiger partial charge is 0.489 e. The molecule has 20 heavy (non-hydrogen) atoms. The van der Waals surface area contributed by atoms with E-state index in [2.05, 4.69) is 15.9 Å². The minimum atomic E-state index is -0.653. The van der Waals surface area contributed by atoms with E-state index in [1.807, 2.05) is 25.1 Å². The van der Waals surface area contributed by atoms with Gasteiger partial charge in [-0.3, -0.25) is 4.79 Å². The first-order valence-corrected chi connectivity index (χ1v) is 6.74. The first-order valence-electron chi connectivity index (χ1n) is 5.94. The second-order valence-electron chi connectivity index (χ2n) is 4.37. The molecule has 0 aliphatic carbocycles. The molecule has 0 fully saturated rings. The van der Waals surface area contributed by atoms with Gasteiger partial charge in [-0.05, 0) is 42.8 Å². The Balaban J connectivity index is 2.13. The summed E-state index contributed by atoms with van der Waals surface area (Å²) in [6, 6.07) is 9.70. The standard InChI is InChI=1S/C15H13BrFNO2/c1-9-6-12(16)4-5-14(9)20-8-11-3-2-10(15(18)19)7-13(11)17/h2-7H,8H2,1H3,(H2,18,19). The number of carbonyl (C=O) groups is 1. The van der Waals surface area contributed by atoms with Crippen LogP contribution in [0.3, 0.4) is 0 Å². The summed E-state index contributed by atoms with van der Waals surface area (Å²) in [5.41, 5.74) is 6.56. The molecule has 0 heterocycles. The van der Waals surface area contributed by atoms with Crippen LogP contribution in [-0.4, -0.2) is 5.91 Å². The van der Waals surface area contributed by atoms with Gasteiger partial charge in [0.05, 0.1) is 0 Å². The zero-order chi connectivity index (χ0) is 14.7. The minimum Gasteiger partial charge on any atom is -0.489 e. The van der Waals surface area contributed by atoms with Crippen molar-refractivity contribution in [1.29, 1.82) is 0 Å². The van der Waals surface area contributed by atoms with Gasteiger partial charge in [0.15, 0.2) is 0 Å². The monoisotopic (exact) mass is 337 g/mol. The Hall–Kier alpha value is -1.88. The highest BCUT2D eigenvalue weighted by molar-refractivity contribution is 9.10. The summed E-state index contributed by atoms with van der Waals surface area (Å²) in [5, 5.41) is 0. The van der Waals surface area contributed by atoms with E-state index < -0.39 is 11.7 Å². The van der Waals surface area contributed by atoms with E-state index in [0.717, 1.165) is 16.1 Å². The van der Waals surface area contributed by atoms with Crippen molar-refractivity contribution in [3.63, 3.8) is 0 Å². The second-order valence-corrected chi connectivity index (χ2v) is 5.28. The Morgan fingerprint density at radius 3 is 2.65 bits per heavy atom. The molecule has 0 atom stereocenters. The molecule has 0 radical (unpaired) electrons. The van der Waals surface area contributed by atoms with E-state index in [-0.39, 0.29) is 12.2 Å². The number of benzene rings is 2. The molecule has 2 aromatic rings. The maximum absolute atomic E-state index is 13.8. The molecule has 104 valence electrons. The molecule has 0 saturated carbocycles. The van der Waals surface area contributed by atoms with Crippen molar-refractivity contribution in [3.05, 3.63) is 63.4 Å². The van der Waals surface area contributed by atoms with Gasteiger partial charge in [-0.1, -0.05) is 22.0 Å². The van der Waals surface area contributed by atoms with E-state index >= 15 is 0 Å². The van der Waals surface area contributed by atoms with Gasteiger partial charge in [0.2, 0.25) is 5.91 Å². The van der Waals surface area contributed by atoms with Crippen LogP contribution in [-0.2, 0) is 6.61 Å². The SMILES string of the molecule is Cc1cc(Br)ccc1OCc1ccc(C(N)=O)cc1F. The number of amides is 1. The lowest BCUT2D eigenvalue weighted by Crippen LogP contribution is -2.11. The average Bonchev–Trinajstić information content (AvgIpc) is 2.38. The predicted octanol–water partition coefficient (Wildman–Crippen LogP) is 3.57. The molecule has 0 saturated heterocycles. The average molecular weight is 338 g/mol. The number of carbonyl (C=O) groups excluding carboxylic acids is 1. The van der Waals surface area contributed by atoms with Gasteiger partial charge < -0.3 is 10.5 Å². The van der Waals surface area contributed by atoms with E-state index in [0.29, 0.717) is 11.3 Å². The van der Waals surface area contributed by atoms with E-state index in [1.165, 1.54) is 12.1 Å². The van der Waals surface area contributed by atoms with E-state index in [9.17, 15) is 9.18 Å². The van der Waals surface area contributed by atoms with Crippen LogP contribution in [0.25, 0.3) is 0 Å². The minimum absolute atomic E-state index is 0.0906. The van der Waals surface area contributed by atoms with Gasteiger partial charge in [-0.25, -0.2) is 4.39 Å². The van der Waals surface area contributed by atoms with E-state index in [1.54, 1.807) is 0 Å². The number of nitrogens with two attached hydrogens (primary N) is 1. The van der Waals surface area contributed by atoms with Gasteiger partial charge in [0.25, 0.3) is 0 Å². The molecule has 5 heteroatoms. The van der Waals surface area contributed by atoms with Gasteiger partial charge in [-0.2, -0.15) is 0 Å². The van der Waals surface area contributed by atoms with Crippen molar-refractivity contribution in [2.45, 2.75) is 13.5 Å². The van der Waals surface area contributed by atoms with E-state index in [4.69, 9.17) is 10.5 Å². The molecule has 1 amide bonds. The molecule has 3 nitrogen and oxygen atoms in total. The fourth-order valence-electron chi connectivity index (χ4n) is 1.75. The summed E-state index contributed by atoms with van der Waals surface area (Å²) in [4.78, 5) is 10.9. The van der Waals surface area contributed by atoms with Crippen LogP contribution in [0.5, 0.6) is 5.75 Å². The molecular formula is C15H13BrFNO2.